The Morgan fingerprint density at radius 1 is 1.56 bits per heavy atom. The van der Waals surface area contributed by atoms with Crippen LogP contribution in [-0.2, 0) is 9.59 Å². The van der Waals surface area contributed by atoms with Crippen molar-refractivity contribution in [2.45, 2.75) is 6.04 Å². The third-order valence-corrected chi connectivity index (χ3v) is 2.81. The maximum Gasteiger partial charge on any atom is 0.240 e. The van der Waals surface area contributed by atoms with Crippen LogP contribution in [0.1, 0.15) is 0 Å². The molecule has 1 rings (SSSR count). The van der Waals surface area contributed by atoms with E-state index in [0.717, 1.165) is 6.54 Å². The molecule has 0 spiro atoms. The molecule has 2 amide bonds. The molecule has 0 bridgehead atoms. The van der Waals surface area contributed by atoms with Crippen LogP contribution in [0.3, 0.4) is 0 Å². The van der Waals surface area contributed by atoms with Crippen molar-refractivity contribution in [1.82, 2.24) is 20.4 Å². The number of carbonyl (C=O) groups excluding carboxylic acids is 2. The first-order valence-electron chi connectivity index (χ1n) is 5.92. The number of rotatable bonds is 4. The molecule has 1 atom stereocenters. The van der Waals surface area contributed by atoms with Crippen molar-refractivity contribution in [2.75, 3.05) is 46.8 Å². The van der Waals surface area contributed by atoms with Crippen molar-refractivity contribution in [3.63, 3.8) is 0 Å². The van der Waals surface area contributed by atoms with Crippen molar-refractivity contribution in [3.8, 4) is 12.3 Å². The van der Waals surface area contributed by atoms with E-state index in [1.165, 1.54) is 0 Å². The van der Waals surface area contributed by atoms with Crippen LogP contribution in [0.4, 0.5) is 0 Å². The van der Waals surface area contributed by atoms with Gasteiger partial charge in [-0.3, -0.25) is 14.5 Å². The first-order valence-corrected chi connectivity index (χ1v) is 5.92. The molecule has 0 aliphatic carbocycles. The lowest BCUT2D eigenvalue weighted by Gasteiger charge is -2.35. The first-order chi connectivity index (χ1) is 8.56. The molecule has 0 aromatic carbocycles. The van der Waals surface area contributed by atoms with Crippen LogP contribution in [0.15, 0.2) is 0 Å². The number of amides is 2. The molecule has 1 heterocycles. The molecule has 1 aliphatic heterocycles. The third kappa shape index (κ3) is 4.02. The zero-order valence-electron chi connectivity index (χ0n) is 10.9. The largest absolute Gasteiger partial charge is 0.347 e. The Morgan fingerprint density at radius 3 is 2.89 bits per heavy atom. The lowest BCUT2D eigenvalue weighted by molar-refractivity contribution is -0.136. The zero-order valence-corrected chi connectivity index (χ0v) is 10.9. The van der Waals surface area contributed by atoms with Crippen LogP contribution in [0, 0.1) is 12.3 Å². The highest BCUT2D eigenvalue weighted by Crippen LogP contribution is 2.05. The van der Waals surface area contributed by atoms with Gasteiger partial charge in [0.25, 0.3) is 0 Å². The molecule has 1 aliphatic rings. The highest BCUT2D eigenvalue weighted by molar-refractivity contribution is 5.83. The lowest BCUT2D eigenvalue weighted by atomic mass is 10.1. The summed E-state index contributed by atoms with van der Waals surface area (Å²) in [6.45, 7) is 2.44. The van der Waals surface area contributed by atoms with Crippen molar-refractivity contribution < 1.29 is 9.59 Å². The fraction of sp³-hybridized carbons (Fsp3) is 0.667. The summed E-state index contributed by atoms with van der Waals surface area (Å²) < 4.78 is 0. The van der Waals surface area contributed by atoms with Crippen LogP contribution in [0.5, 0.6) is 0 Å². The van der Waals surface area contributed by atoms with E-state index in [-0.39, 0.29) is 30.9 Å². The topological polar surface area (TPSA) is 64.7 Å². The second-order valence-corrected chi connectivity index (χ2v) is 4.40. The first kappa shape index (κ1) is 14.5. The van der Waals surface area contributed by atoms with E-state index in [2.05, 4.69) is 16.6 Å². The summed E-state index contributed by atoms with van der Waals surface area (Å²) in [6, 6.07) is -0.287. The van der Waals surface area contributed by atoms with Gasteiger partial charge in [0.1, 0.15) is 6.04 Å². The number of nitrogens with zero attached hydrogens (tertiary/aromatic N) is 2. The number of nitrogens with one attached hydrogen (secondary N) is 2. The van der Waals surface area contributed by atoms with Crippen LogP contribution in [0.2, 0.25) is 0 Å². The fourth-order valence-corrected chi connectivity index (χ4v) is 1.87. The SMILES string of the molecule is C#CCNC(=O)CN1CCNCC1C(=O)N(C)C. The standard InChI is InChI=1S/C12H20N4O2/c1-4-5-14-11(17)9-16-7-6-13-8-10(16)12(18)15(2)3/h1,10,13H,5-9H2,2-3H3,(H,14,17). The Kier molecular flexibility index (Phi) is 5.62. The minimum absolute atomic E-state index is 0.00644. The van der Waals surface area contributed by atoms with Gasteiger partial charge in [-0.15, -0.1) is 6.42 Å². The molecule has 0 radical (unpaired) electrons. The van der Waals surface area contributed by atoms with Crippen LogP contribution in [0.25, 0.3) is 0 Å². The minimum Gasteiger partial charge on any atom is -0.347 e. The van der Waals surface area contributed by atoms with E-state index < -0.39 is 0 Å². The second-order valence-electron chi connectivity index (χ2n) is 4.40. The molecular formula is C12H20N4O2. The van der Waals surface area contributed by atoms with Gasteiger partial charge in [0, 0.05) is 33.7 Å². The molecule has 100 valence electrons. The number of piperazine rings is 1. The molecule has 6 heteroatoms. The molecule has 1 saturated heterocycles. The average Bonchev–Trinajstić information content (AvgIpc) is 2.36. The number of hydrogen-bond donors (Lipinski definition) is 2. The molecule has 18 heavy (non-hydrogen) atoms. The Bertz CT molecular complexity index is 348. The lowest BCUT2D eigenvalue weighted by Crippen LogP contribution is -2.59. The Hall–Kier alpha value is -1.58. The van der Waals surface area contributed by atoms with E-state index in [4.69, 9.17) is 6.42 Å². The predicted octanol–water partition coefficient (Wildman–Crippen LogP) is -1.90. The summed E-state index contributed by atoms with van der Waals surface area (Å²) in [5.74, 6) is 2.21. The quantitative estimate of drug-likeness (QED) is 0.574. The summed E-state index contributed by atoms with van der Waals surface area (Å²) >= 11 is 0. The Labute approximate surface area is 108 Å². The zero-order chi connectivity index (χ0) is 13.5. The molecule has 0 aromatic rings. The summed E-state index contributed by atoms with van der Waals surface area (Å²) in [6.07, 6.45) is 5.08. The van der Waals surface area contributed by atoms with E-state index in [0.29, 0.717) is 13.1 Å². The summed E-state index contributed by atoms with van der Waals surface area (Å²) in [7, 11) is 3.43. The van der Waals surface area contributed by atoms with E-state index in [1.54, 1.807) is 19.0 Å². The van der Waals surface area contributed by atoms with Gasteiger partial charge in [-0.05, 0) is 0 Å². The van der Waals surface area contributed by atoms with Gasteiger partial charge in [0.2, 0.25) is 11.8 Å². The highest BCUT2D eigenvalue weighted by atomic mass is 16.2. The van der Waals surface area contributed by atoms with Crippen molar-refractivity contribution in [1.29, 1.82) is 0 Å². The van der Waals surface area contributed by atoms with E-state index >= 15 is 0 Å². The highest BCUT2D eigenvalue weighted by Gasteiger charge is 2.30. The van der Waals surface area contributed by atoms with Gasteiger partial charge in [-0.25, -0.2) is 0 Å². The van der Waals surface area contributed by atoms with Crippen LogP contribution in [-0.4, -0.2) is 74.5 Å². The van der Waals surface area contributed by atoms with Gasteiger partial charge in [-0.1, -0.05) is 5.92 Å². The Balaban J connectivity index is 2.57. The van der Waals surface area contributed by atoms with Crippen molar-refractivity contribution in [2.24, 2.45) is 0 Å². The maximum absolute atomic E-state index is 12.0. The summed E-state index contributed by atoms with van der Waals surface area (Å²) in [5, 5.41) is 5.77. The van der Waals surface area contributed by atoms with Gasteiger partial charge >= 0.3 is 0 Å². The fourth-order valence-electron chi connectivity index (χ4n) is 1.87. The van der Waals surface area contributed by atoms with Gasteiger partial charge in [-0.2, -0.15) is 0 Å². The Morgan fingerprint density at radius 2 is 2.28 bits per heavy atom. The van der Waals surface area contributed by atoms with Crippen LogP contribution >= 0.6 is 0 Å². The summed E-state index contributed by atoms with van der Waals surface area (Å²) in [4.78, 5) is 27.0. The van der Waals surface area contributed by atoms with Gasteiger partial charge in [0.05, 0.1) is 13.1 Å². The second kappa shape index (κ2) is 6.99. The molecule has 1 unspecified atom stereocenters. The molecule has 0 saturated carbocycles. The molecular weight excluding hydrogens is 232 g/mol. The average molecular weight is 252 g/mol. The monoisotopic (exact) mass is 252 g/mol. The van der Waals surface area contributed by atoms with Crippen molar-refractivity contribution in [3.05, 3.63) is 0 Å². The number of carbonyl (C=O) groups is 2. The van der Waals surface area contributed by atoms with Crippen molar-refractivity contribution >= 4 is 11.8 Å². The van der Waals surface area contributed by atoms with Gasteiger partial charge < -0.3 is 15.5 Å². The summed E-state index contributed by atoms with van der Waals surface area (Å²) in [5.41, 5.74) is 0. The molecule has 2 N–H and O–H groups in total. The molecule has 0 aromatic heterocycles. The maximum atomic E-state index is 12.0. The molecule has 6 nitrogen and oxygen atoms in total. The normalized spacial score (nSPS) is 19.9. The smallest absolute Gasteiger partial charge is 0.240 e. The molecule has 1 fully saturated rings. The third-order valence-electron chi connectivity index (χ3n) is 2.81. The number of likely N-dealkylation sites (N-methyl/N-ethyl adjacent to an activating group) is 1. The van der Waals surface area contributed by atoms with Crippen LogP contribution < -0.4 is 10.6 Å². The van der Waals surface area contributed by atoms with E-state index in [1.807, 2.05) is 4.90 Å². The van der Waals surface area contributed by atoms with E-state index in [9.17, 15) is 9.59 Å². The predicted molar refractivity (Wildman–Crippen MR) is 68.8 cm³/mol. The van der Waals surface area contributed by atoms with Gasteiger partial charge in [0.15, 0.2) is 0 Å². The minimum atomic E-state index is -0.287. The number of terminal acetylenes is 1. The number of hydrogen-bond acceptors (Lipinski definition) is 4.